The number of carboxylic acids is 4. The van der Waals surface area contributed by atoms with Crippen molar-refractivity contribution in [1.29, 1.82) is 0 Å². The maximum atomic E-state index is 11.3. The highest BCUT2D eigenvalue weighted by Crippen LogP contribution is 2.28. The van der Waals surface area contributed by atoms with Gasteiger partial charge < -0.3 is 20.4 Å². The smallest absolute Gasteiger partial charge is 0.354 e. The molecule has 0 aliphatic heterocycles. The van der Waals surface area contributed by atoms with Crippen LogP contribution in [0.5, 0.6) is 0 Å². The number of carbonyl (C=O) groups is 4. The number of hydrogen-bond acceptors (Lipinski definition) is 6. The maximum absolute atomic E-state index is 11.3. The second kappa shape index (κ2) is 6.12. The van der Waals surface area contributed by atoms with Gasteiger partial charge in [0, 0.05) is 23.5 Å². The van der Waals surface area contributed by atoms with Gasteiger partial charge in [0.2, 0.25) is 0 Å². The lowest BCUT2D eigenvalue weighted by Crippen LogP contribution is -2.10. The fourth-order valence-corrected chi connectivity index (χ4v) is 1.93. The number of pyridine rings is 2. The molecule has 0 saturated carbocycles. The van der Waals surface area contributed by atoms with Gasteiger partial charge in [-0.1, -0.05) is 0 Å². The molecule has 0 bridgehead atoms. The van der Waals surface area contributed by atoms with E-state index in [1.54, 1.807) is 0 Å². The molecule has 10 nitrogen and oxygen atoms in total. The van der Waals surface area contributed by atoms with Crippen LogP contribution < -0.4 is 0 Å². The van der Waals surface area contributed by atoms with Gasteiger partial charge in [0.15, 0.2) is 0 Å². The lowest BCUT2D eigenvalue weighted by Gasteiger charge is -2.10. The molecule has 2 rings (SSSR count). The molecule has 0 fully saturated rings. The van der Waals surface area contributed by atoms with Crippen molar-refractivity contribution in [2.24, 2.45) is 0 Å². The van der Waals surface area contributed by atoms with Crippen molar-refractivity contribution in [2.45, 2.75) is 0 Å². The van der Waals surface area contributed by atoms with E-state index in [4.69, 9.17) is 10.2 Å². The van der Waals surface area contributed by atoms with Gasteiger partial charge in [-0.2, -0.15) is 0 Å². The topological polar surface area (TPSA) is 175 Å². The second-order valence-corrected chi connectivity index (χ2v) is 4.45. The van der Waals surface area contributed by atoms with Crippen molar-refractivity contribution in [2.75, 3.05) is 0 Å². The van der Waals surface area contributed by atoms with Crippen LogP contribution in [-0.4, -0.2) is 54.3 Å². The summed E-state index contributed by atoms with van der Waals surface area (Å²) in [5, 5.41) is 36.3. The van der Waals surface area contributed by atoms with E-state index in [1.165, 1.54) is 0 Å². The zero-order valence-electron chi connectivity index (χ0n) is 11.6. The van der Waals surface area contributed by atoms with Crippen molar-refractivity contribution in [3.63, 3.8) is 0 Å². The lowest BCUT2D eigenvalue weighted by atomic mass is 9.96. The summed E-state index contributed by atoms with van der Waals surface area (Å²) in [7, 11) is 0. The van der Waals surface area contributed by atoms with E-state index in [9.17, 15) is 29.4 Å². The average Bonchev–Trinajstić information content (AvgIpc) is 2.53. The molecule has 4 N–H and O–H groups in total. The lowest BCUT2D eigenvalue weighted by molar-refractivity contribution is 0.0674. The zero-order chi connectivity index (χ0) is 18.0. The Balaban J connectivity index is 2.86. The summed E-state index contributed by atoms with van der Waals surface area (Å²) in [6.07, 6.45) is 1.52. The summed E-state index contributed by atoms with van der Waals surface area (Å²) in [5.74, 6) is -5.89. The van der Waals surface area contributed by atoms with E-state index in [0.717, 1.165) is 24.5 Å². The summed E-state index contributed by atoms with van der Waals surface area (Å²) in [6, 6.07) is 1.72. The van der Waals surface area contributed by atoms with Crippen LogP contribution in [0.3, 0.4) is 0 Å². The molecule has 0 aliphatic rings. The third kappa shape index (κ3) is 3.02. The Kier molecular flexibility index (Phi) is 4.22. The van der Waals surface area contributed by atoms with Crippen LogP contribution in [0.15, 0.2) is 24.5 Å². The van der Waals surface area contributed by atoms with Crippen LogP contribution in [0.2, 0.25) is 0 Å². The van der Waals surface area contributed by atoms with Gasteiger partial charge in [-0.15, -0.1) is 0 Å². The zero-order valence-corrected chi connectivity index (χ0v) is 11.6. The maximum Gasteiger partial charge on any atom is 0.354 e. The van der Waals surface area contributed by atoms with Crippen molar-refractivity contribution in [3.05, 3.63) is 47.0 Å². The number of rotatable bonds is 5. The summed E-state index contributed by atoms with van der Waals surface area (Å²) >= 11 is 0. The molecular weight excluding hydrogens is 324 g/mol. The minimum absolute atomic E-state index is 0.294. The molecule has 10 heteroatoms. The van der Waals surface area contributed by atoms with Crippen molar-refractivity contribution in [3.8, 4) is 11.1 Å². The molecule has 0 atom stereocenters. The molecule has 2 aromatic rings. The first-order chi connectivity index (χ1) is 11.2. The number of carboxylic acid groups (broad SMARTS) is 4. The van der Waals surface area contributed by atoms with Crippen molar-refractivity contribution < 1.29 is 39.6 Å². The van der Waals surface area contributed by atoms with E-state index in [2.05, 4.69) is 9.97 Å². The Morgan fingerprint density at radius 2 is 0.958 bits per heavy atom. The summed E-state index contributed by atoms with van der Waals surface area (Å²) < 4.78 is 0. The highest BCUT2D eigenvalue weighted by molar-refractivity contribution is 6.04. The fraction of sp³-hybridized carbons (Fsp3) is 0. The van der Waals surface area contributed by atoms with Crippen LogP contribution in [-0.2, 0) is 0 Å². The molecule has 0 aliphatic carbocycles. The molecule has 0 unspecified atom stereocenters. The average molecular weight is 332 g/mol. The first-order valence-electron chi connectivity index (χ1n) is 6.16. The molecule has 0 aromatic carbocycles. The predicted molar refractivity (Wildman–Crippen MR) is 75.3 cm³/mol. The van der Waals surface area contributed by atoms with Gasteiger partial charge in [-0.25, -0.2) is 29.1 Å². The molecule has 2 aromatic heterocycles. The number of hydrogen-bond donors (Lipinski definition) is 4. The molecule has 122 valence electrons. The Morgan fingerprint density at radius 1 is 0.625 bits per heavy atom. The Labute approximate surface area is 132 Å². The minimum atomic E-state index is -1.49. The number of aromatic nitrogens is 2. The Bertz CT molecular complexity index is 817. The first-order valence-corrected chi connectivity index (χ1v) is 6.16. The van der Waals surface area contributed by atoms with E-state index in [-0.39, 0.29) is 11.1 Å². The van der Waals surface area contributed by atoms with E-state index < -0.39 is 46.4 Å². The van der Waals surface area contributed by atoms with Crippen LogP contribution in [0, 0.1) is 0 Å². The standard InChI is InChI=1S/C14H8N2O8/c17-11(18)7-3-15-9(13(21)22)1-5(7)6-2-10(14(23)24)16-4-8(6)12(19)20/h1-4H,(H,17,18)(H,19,20)(H,21,22)(H,23,24). The second-order valence-electron chi connectivity index (χ2n) is 4.45. The molecule has 0 radical (unpaired) electrons. The SMILES string of the molecule is O=C(O)c1cc(-c2cc(C(=O)O)ncc2C(=O)O)c(C(=O)O)cn1. The quantitative estimate of drug-likeness (QED) is 0.616. The normalized spacial score (nSPS) is 10.2. The van der Waals surface area contributed by atoms with Crippen molar-refractivity contribution >= 4 is 23.9 Å². The van der Waals surface area contributed by atoms with Gasteiger partial charge in [0.1, 0.15) is 11.4 Å². The largest absolute Gasteiger partial charge is 0.478 e. The van der Waals surface area contributed by atoms with Gasteiger partial charge in [-0.3, -0.25) is 0 Å². The summed E-state index contributed by atoms with van der Waals surface area (Å²) in [4.78, 5) is 51.6. The highest BCUT2D eigenvalue weighted by Gasteiger charge is 2.22. The highest BCUT2D eigenvalue weighted by atomic mass is 16.4. The summed E-state index contributed by atoms with van der Waals surface area (Å²) in [6.45, 7) is 0. The van der Waals surface area contributed by atoms with Crippen molar-refractivity contribution in [1.82, 2.24) is 9.97 Å². The van der Waals surface area contributed by atoms with Crippen LogP contribution in [0.25, 0.3) is 11.1 Å². The Morgan fingerprint density at radius 3 is 1.21 bits per heavy atom. The number of nitrogens with zero attached hydrogens (tertiary/aromatic N) is 2. The first kappa shape index (κ1) is 16.5. The number of aromatic carboxylic acids is 4. The molecule has 2 heterocycles. The molecule has 24 heavy (non-hydrogen) atoms. The third-order valence-corrected chi connectivity index (χ3v) is 3.00. The molecule has 0 spiro atoms. The van der Waals surface area contributed by atoms with E-state index in [0.29, 0.717) is 0 Å². The predicted octanol–water partition coefficient (Wildman–Crippen LogP) is 0.936. The molecular formula is C14H8N2O8. The third-order valence-electron chi connectivity index (χ3n) is 3.00. The Hall–Kier alpha value is -3.82. The van der Waals surface area contributed by atoms with Gasteiger partial charge in [0.25, 0.3) is 0 Å². The molecule has 0 saturated heterocycles. The van der Waals surface area contributed by atoms with Gasteiger partial charge >= 0.3 is 23.9 Å². The van der Waals surface area contributed by atoms with E-state index in [1.807, 2.05) is 0 Å². The van der Waals surface area contributed by atoms with Crippen LogP contribution >= 0.6 is 0 Å². The van der Waals surface area contributed by atoms with Gasteiger partial charge in [0.05, 0.1) is 11.1 Å². The minimum Gasteiger partial charge on any atom is -0.478 e. The van der Waals surface area contributed by atoms with Gasteiger partial charge in [-0.05, 0) is 12.1 Å². The van der Waals surface area contributed by atoms with Crippen LogP contribution in [0.1, 0.15) is 41.7 Å². The summed E-state index contributed by atoms with van der Waals surface area (Å²) in [5.41, 5.74) is -2.61. The van der Waals surface area contributed by atoms with Crippen LogP contribution in [0.4, 0.5) is 0 Å². The monoisotopic (exact) mass is 332 g/mol. The fourth-order valence-electron chi connectivity index (χ4n) is 1.93. The molecule has 0 amide bonds. The van der Waals surface area contributed by atoms with E-state index >= 15 is 0 Å².